The Morgan fingerprint density at radius 2 is 1.08 bits per heavy atom. The molecule has 0 aromatic rings. The second kappa shape index (κ2) is 10.9. The molecule has 0 saturated heterocycles. The molecule has 6 heteroatoms. The Bertz CT molecular complexity index is 128. The molecule has 0 spiro atoms. The van der Waals surface area contributed by atoms with Gasteiger partial charge in [0.2, 0.25) is 0 Å². The highest BCUT2D eigenvalue weighted by molar-refractivity contribution is 5.67. The molecule has 0 aromatic carbocycles. The van der Waals surface area contributed by atoms with Crippen LogP contribution in [0.1, 0.15) is 25.7 Å². The summed E-state index contributed by atoms with van der Waals surface area (Å²) in [6.07, 6.45) is 1.02. The highest BCUT2D eigenvalue weighted by atomic mass is 16.5. The van der Waals surface area contributed by atoms with Crippen molar-refractivity contribution < 1.29 is 30.0 Å². The first-order chi connectivity index (χ1) is 6.04. The van der Waals surface area contributed by atoms with Gasteiger partial charge in [-0.1, -0.05) is 0 Å². The molecule has 0 heterocycles. The quantitative estimate of drug-likeness (QED) is 0.351. The maximum Gasteiger partial charge on any atom is 0.303 e. The Labute approximate surface area is 75.4 Å². The van der Waals surface area contributed by atoms with E-state index >= 15 is 0 Å². The average molecular weight is 194 g/mol. The molecule has 0 radical (unpaired) electrons. The van der Waals surface area contributed by atoms with E-state index in [1.54, 1.807) is 0 Å². The molecular formula is C7H14O6. The maximum absolute atomic E-state index is 9.90. The fourth-order valence-corrected chi connectivity index (χ4v) is 0.552. The van der Waals surface area contributed by atoms with Gasteiger partial charge in [0.1, 0.15) is 6.79 Å². The number of rotatable bonds is 5. The number of carboxylic acid groups (broad SMARTS) is 2. The zero-order valence-electron chi connectivity index (χ0n) is 7.14. The Hall–Kier alpha value is -1.14. The van der Waals surface area contributed by atoms with Crippen molar-refractivity contribution in [1.29, 1.82) is 0 Å². The van der Waals surface area contributed by atoms with E-state index in [1.165, 1.54) is 0 Å². The predicted octanol–water partition coefficient (Wildman–Crippen LogP) is -0.356. The lowest BCUT2D eigenvalue weighted by molar-refractivity contribution is -0.139. The molecule has 0 aromatic heterocycles. The minimum atomic E-state index is -0.870. The molecule has 0 bridgehead atoms. The normalized spacial score (nSPS) is 8.46. The summed E-state index contributed by atoms with van der Waals surface area (Å²) in [4.78, 5) is 19.8. The average Bonchev–Trinajstić information content (AvgIpc) is 1.99. The summed E-state index contributed by atoms with van der Waals surface area (Å²) < 4.78 is 0. The van der Waals surface area contributed by atoms with Gasteiger partial charge in [-0.25, -0.2) is 0 Å². The molecule has 4 N–H and O–H groups in total. The number of hydrogen-bond acceptors (Lipinski definition) is 4. The topological polar surface area (TPSA) is 115 Å². The molecule has 6 nitrogen and oxygen atoms in total. The first-order valence-electron chi connectivity index (χ1n) is 3.70. The fourth-order valence-electron chi connectivity index (χ4n) is 0.552. The third-order valence-electron chi connectivity index (χ3n) is 1.03. The lowest BCUT2D eigenvalue weighted by Crippen LogP contribution is -1.97. The SMILES string of the molecule is O=C(O)CCCCC(=O)O.OCO. The number of unbranched alkanes of at least 4 members (excludes halogenated alkanes) is 1. The van der Waals surface area contributed by atoms with Gasteiger partial charge in [-0.3, -0.25) is 9.59 Å². The number of carbonyl (C=O) groups is 2. The first kappa shape index (κ1) is 14.4. The molecule has 78 valence electrons. The van der Waals surface area contributed by atoms with Gasteiger partial charge in [0, 0.05) is 12.8 Å². The van der Waals surface area contributed by atoms with Gasteiger partial charge in [0.25, 0.3) is 0 Å². The number of aliphatic carboxylic acids is 2. The molecule has 0 aliphatic rings. The first-order valence-corrected chi connectivity index (χ1v) is 3.70. The Morgan fingerprint density at radius 1 is 0.846 bits per heavy atom. The van der Waals surface area contributed by atoms with Crippen LogP contribution in [0.15, 0.2) is 0 Å². The van der Waals surface area contributed by atoms with Crippen LogP contribution in [0.5, 0.6) is 0 Å². The van der Waals surface area contributed by atoms with Gasteiger partial charge in [-0.15, -0.1) is 0 Å². The number of aliphatic hydroxyl groups excluding tert-OH is 1. The van der Waals surface area contributed by atoms with Gasteiger partial charge >= 0.3 is 11.9 Å². The molecule has 13 heavy (non-hydrogen) atoms. The number of aliphatic hydroxyl groups is 2. The summed E-state index contributed by atoms with van der Waals surface area (Å²) in [6.45, 7) is -0.750. The van der Waals surface area contributed by atoms with Crippen LogP contribution < -0.4 is 0 Å². The van der Waals surface area contributed by atoms with Crippen LogP contribution in [0.2, 0.25) is 0 Å². The Kier molecular flexibility index (Phi) is 12.0. The Morgan fingerprint density at radius 3 is 1.23 bits per heavy atom. The van der Waals surface area contributed by atoms with Crippen LogP contribution >= 0.6 is 0 Å². The standard InChI is InChI=1S/C6H10O4.CH4O2/c7-5(8)3-1-2-4-6(9)10;2-1-3/h1-4H2,(H,7,8)(H,9,10);2-3H,1H2. The van der Waals surface area contributed by atoms with Gasteiger partial charge in [-0.2, -0.15) is 0 Å². The summed E-state index contributed by atoms with van der Waals surface area (Å²) >= 11 is 0. The summed E-state index contributed by atoms with van der Waals surface area (Å²) in [5.41, 5.74) is 0. The van der Waals surface area contributed by atoms with Crippen molar-refractivity contribution in [3.8, 4) is 0 Å². The second-order valence-corrected chi connectivity index (χ2v) is 2.14. The molecule has 0 unspecified atom stereocenters. The van der Waals surface area contributed by atoms with E-state index < -0.39 is 18.7 Å². The molecule has 0 saturated carbocycles. The van der Waals surface area contributed by atoms with E-state index in [4.69, 9.17) is 20.4 Å². The minimum absolute atomic E-state index is 0.0628. The molecule has 0 rings (SSSR count). The summed E-state index contributed by atoms with van der Waals surface area (Å²) in [5, 5.41) is 30.5. The lowest BCUT2D eigenvalue weighted by Gasteiger charge is -1.92. The molecule has 0 amide bonds. The van der Waals surface area contributed by atoms with E-state index in [2.05, 4.69) is 0 Å². The van der Waals surface area contributed by atoms with Crippen LogP contribution in [0.25, 0.3) is 0 Å². The fraction of sp³-hybridized carbons (Fsp3) is 0.714. The van der Waals surface area contributed by atoms with Crippen LogP contribution in [0, 0.1) is 0 Å². The van der Waals surface area contributed by atoms with Crippen molar-refractivity contribution in [2.75, 3.05) is 6.79 Å². The van der Waals surface area contributed by atoms with Crippen molar-refractivity contribution in [3.05, 3.63) is 0 Å². The molecular weight excluding hydrogens is 180 g/mol. The van der Waals surface area contributed by atoms with Crippen LogP contribution in [0.4, 0.5) is 0 Å². The highest BCUT2D eigenvalue weighted by Crippen LogP contribution is 1.98. The number of carboxylic acids is 2. The van der Waals surface area contributed by atoms with E-state index in [1.807, 2.05) is 0 Å². The Balaban J connectivity index is 0. The largest absolute Gasteiger partial charge is 0.481 e. The minimum Gasteiger partial charge on any atom is -0.481 e. The van der Waals surface area contributed by atoms with E-state index in [-0.39, 0.29) is 12.8 Å². The van der Waals surface area contributed by atoms with Crippen molar-refractivity contribution in [2.24, 2.45) is 0 Å². The molecule has 0 aliphatic heterocycles. The summed E-state index contributed by atoms with van der Waals surface area (Å²) in [7, 11) is 0. The maximum atomic E-state index is 9.90. The molecule has 0 atom stereocenters. The van der Waals surface area contributed by atoms with Crippen LogP contribution in [0.3, 0.4) is 0 Å². The van der Waals surface area contributed by atoms with E-state index in [9.17, 15) is 9.59 Å². The van der Waals surface area contributed by atoms with Crippen molar-refractivity contribution in [1.82, 2.24) is 0 Å². The smallest absolute Gasteiger partial charge is 0.303 e. The van der Waals surface area contributed by atoms with Crippen molar-refractivity contribution in [3.63, 3.8) is 0 Å². The van der Waals surface area contributed by atoms with Crippen LogP contribution in [-0.4, -0.2) is 39.2 Å². The lowest BCUT2D eigenvalue weighted by atomic mass is 10.2. The third kappa shape index (κ3) is 24.8. The van der Waals surface area contributed by atoms with Gasteiger partial charge in [-0.05, 0) is 12.8 Å². The highest BCUT2D eigenvalue weighted by Gasteiger charge is 1.99. The summed E-state index contributed by atoms with van der Waals surface area (Å²) in [5.74, 6) is -1.74. The van der Waals surface area contributed by atoms with Crippen molar-refractivity contribution >= 4 is 11.9 Å². The van der Waals surface area contributed by atoms with Gasteiger partial charge in [0.05, 0.1) is 0 Å². The molecule has 0 aliphatic carbocycles. The van der Waals surface area contributed by atoms with E-state index in [0.717, 1.165) is 0 Å². The number of hydrogen-bond donors (Lipinski definition) is 4. The monoisotopic (exact) mass is 194 g/mol. The van der Waals surface area contributed by atoms with Gasteiger partial charge < -0.3 is 20.4 Å². The van der Waals surface area contributed by atoms with Crippen LogP contribution in [-0.2, 0) is 9.59 Å². The predicted molar refractivity (Wildman–Crippen MR) is 43.0 cm³/mol. The van der Waals surface area contributed by atoms with E-state index in [0.29, 0.717) is 12.8 Å². The summed E-state index contributed by atoms with van der Waals surface area (Å²) in [6, 6.07) is 0. The molecule has 0 fully saturated rings. The second-order valence-electron chi connectivity index (χ2n) is 2.14. The zero-order chi connectivity index (χ0) is 10.7. The van der Waals surface area contributed by atoms with Crippen molar-refractivity contribution in [2.45, 2.75) is 25.7 Å². The van der Waals surface area contributed by atoms with Gasteiger partial charge in [0.15, 0.2) is 0 Å². The third-order valence-corrected chi connectivity index (χ3v) is 1.03. The zero-order valence-corrected chi connectivity index (χ0v) is 7.14.